The van der Waals surface area contributed by atoms with Crippen molar-refractivity contribution in [3.8, 4) is 0 Å². The third kappa shape index (κ3) is 3.84. The van der Waals surface area contributed by atoms with Crippen LogP contribution in [0.5, 0.6) is 0 Å². The van der Waals surface area contributed by atoms with Crippen molar-refractivity contribution in [1.29, 1.82) is 0 Å². The maximum Gasteiger partial charge on any atom is 0.309 e. The number of carbonyl (C=O) groups is 1. The zero-order valence-corrected chi connectivity index (χ0v) is 10.5. The smallest absolute Gasteiger partial charge is 0.309 e. The molecule has 1 atom stereocenters. The molecule has 0 fully saturated rings. The van der Waals surface area contributed by atoms with E-state index in [0.717, 1.165) is 5.56 Å². The van der Waals surface area contributed by atoms with Crippen molar-refractivity contribution in [2.75, 3.05) is 0 Å². The average Bonchev–Trinajstić information content (AvgIpc) is 2.15. The molecule has 1 aromatic carbocycles. The topological polar surface area (TPSA) is 37.3 Å². The van der Waals surface area contributed by atoms with Gasteiger partial charge in [-0.3, -0.25) is 4.79 Å². The van der Waals surface area contributed by atoms with Crippen LogP contribution in [0.25, 0.3) is 0 Å². The molecule has 0 aromatic heterocycles. The second-order valence-electron chi connectivity index (χ2n) is 5.27. The molecule has 2 nitrogen and oxygen atoms in total. The molecule has 0 aliphatic rings. The summed E-state index contributed by atoms with van der Waals surface area (Å²) in [7, 11) is 0. The summed E-state index contributed by atoms with van der Waals surface area (Å²) in [5.41, 5.74) is -0.0994. The number of hydrogen-bond acceptors (Lipinski definition) is 1. The molecule has 0 aliphatic carbocycles. The molecule has 0 spiro atoms. The summed E-state index contributed by atoms with van der Waals surface area (Å²) in [6.45, 7) is 5.71. The highest BCUT2D eigenvalue weighted by Gasteiger charge is 2.33. The van der Waals surface area contributed by atoms with Crippen LogP contribution >= 0.6 is 0 Å². The first-order valence-corrected chi connectivity index (χ1v) is 5.81. The van der Waals surface area contributed by atoms with E-state index in [9.17, 15) is 14.3 Å². The standard InChI is InChI=1S/C14H19FO2/c1-10(2)8-14(3,13(16)17)9-11-5-4-6-12(15)7-11/h4-7,10H,8-9H2,1-3H3,(H,16,17)/t14-/m0/s1. The lowest BCUT2D eigenvalue weighted by atomic mass is 9.77. The molecule has 0 aliphatic heterocycles. The van der Waals surface area contributed by atoms with Crippen LogP contribution in [0.2, 0.25) is 0 Å². The minimum absolute atomic E-state index is 0.296. The molecule has 1 aromatic rings. The van der Waals surface area contributed by atoms with Crippen LogP contribution in [0.1, 0.15) is 32.8 Å². The molecule has 0 saturated carbocycles. The van der Waals surface area contributed by atoms with Crippen LogP contribution in [0, 0.1) is 17.2 Å². The highest BCUT2D eigenvalue weighted by molar-refractivity contribution is 5.74. The van der Waals surface area contributed by atoms with Gasteiger partial charge in [-0.05, 0) is 43.4 Å². The van der Waals surface area contributed by atoms with E-state index < -0.39 is 11.4 Å². The lowest BCUT2D eigenvalue weighted by molar-refractivity contribution is -0.148. The van der Waals surface area contributed by atoms with Crippen LogP contribution < -0.4 is 0 Å². The Morgan fingerprint density at radius 1 is 1.47 bits per heavy atom. The van der Waals surface area contributed by atoms with Crippen molar-refractivity contribution in [1.82, 2.24) is 0 Å². The Morgan fingerprint density at radius 3 is 2.59 bits per heavy atom. The Labute approximate surface area is 101 Å². The molecule has 17 heavy (non-hydrogen) atoms. The molecule has 3 heteroatoms. The van der Waals surface area contributed by atoms with E-state index in [4.69, 9.17) is 0 Å². The highest BCUT2D eigenvalue weighted by atomic mass is 19.1. The van der Waals surface area contributed by atoms with Gasteiger partial charge in [-0.2, -0.15) is 0 Å². The van der Waals surface area contributed by atoms with Crippen LogP contribution in [0.15, 0.2) is 24.3 Å². The lowest BCUT2D eigenvalue weighted by Gasteiger charge is -2.26. The van der Waals surface area contributed by atoms with Crippen LogP contribution in [0.3, 0.4) is 0 Å². The van der Waals surface area contributed by atoms with E-state index in [0.29, 0.717) is 18.8 Å². The summed E-state index contributed by atoms with van der Waals surface area (Å²) in [4.78, 5) is 11.4. The molecule has 0 unspecified atom stereocenters. The molecular weight excluding hydrogens is 219 g/mol. The summed E-state index contributed by atoms with van der Waals surface area (Å²) in [6.07, 6.45) is 0.942. The Hall–Kier alpha value is -1.38. The van der Waals surface area contributed by atoms with Gasteiger partial charge in [0.2, 0.25) is 0 Å². The number of aliphatic carboxylic acids is 1. The molecular formula is C14H19FO2. The minimum atomic E-state index is -0.831. The summed E-state index contributed by atoms with van der Waals surface area (Å²) in [5, 5.41) is 9.32. The van der Waals surface area contributed by atoms with Gasteiger partial charge in [-0.15, -0.1) is 0 Å². The first-order chi connectivity index (χ1) is 7.83. The van der Waals surface area contributed by atoms with Gasteiger partial charge in [0.1, 0.15) is 5.82 Å². The number of rotatable bonds is 5. The fourth-order valence-corrected chi connectivity index (χ4v) is 2.23. The van der Waals surface area contributed by atoms with Gasteiger partial charge in [0, 0.05) is 0 Å². The van der Waals surface area contributed by atoms with E-state index in [1.54, 1.807) is 19.1 Å². The second kappa shape index (κ2) is 5.30. The van der Waals surface area contributed by atoms with Gasteiger partial charge in [-0.1, -0.05) is 26.0 Å². The van der Waals surface area contributed by atoms with Gasteiger partial charge in [0.25, 0.3) is 0 Å². The third-order valence-corrected chi connectivity index (χ3v) is 2.86. The van der Waals surface area contributed by atoms with Crippen molar-refractivity contribution in [2.24, 2.45) is 11.3 Å². The molecule has 0 radical (unpaired) electrons. The summed E-state index contributed by atoms with van der Waals surface area (Å²) in [6, 6.07) is 6.15. The maximum atomic E-state index is 13.1. The Balaban J connectivity index is 2.90. The third-order valence-electron chi connectivity index (χ3n) is 2.86. The van der Waals surface area contributed by atoms with Crippen LogP contribution in [-0.4, -0.2) is 11.1 Å². The fraction of sp³-hybridized carbons (Fsp3) is 0.500. The number of benzene rings is 1. The molecule has 0 bridgehead atoms. The Kier molecular flexibility index (Phi) is 4.27. The largest absolute Gasteiger partial charge is 0.481 e. The van der Waals surface area contributed by atoms with E-state index in [2.05, 4.69) is 0 Å². The minimum Gasteiger partial charge on any atom is -0.481 e. The molecule has 0 saturated heterocycles. The molecule has 0 amide bonds. The molecule has 0 heterocycles. The maximum absolute atomic E-state index is 13.1. The van der Waals surface area contributed by atoms with Crippen LogP contribution in [-0.2, 0) is 11.2 Å². The highest BCUT2D eigenvalue weighted by Crippen LogP contribution is 2.30. The Bertz CT molecular complexity index is 401. The van der Waals surface area contributed by atoms with Crippen LogP contribution in [0.4, 0.5) is 4.39 Å². The first-order valence-electron chi connectivity index (χ1n) is 5.81. The van der Waals surface area contributed by atoms with Gasteiger partial charge >= 0.3 is 5.97 Å². The SMILES string of the molecule is CC(C)C[C@@](C)(Cc1cccc(F)c1)C(=O)O. The van der Waals surface area contributed by atoms with Gasteiger partial charge in [-0.25, -0.2) is 4.39 Å². The average molecular weight is 238 g/mol. The number of halogens is 1. The van der Waals surface area contributed by atoms with Crippen molar-refractivity contribution < 1.29 is 14.3 Å². The van der Waals surface area contributed by atoms with Crippen molar-refractivity contribution in [2.45, 2.75) is 33.6 Å². The molecule has 94 valence electrons. The molecule has 1 N–H and O–H groups in total. The van der Waals surface area contributed by atoms with Gasteiger partial charge in [0.05, 0.1) is 5.41 Å². The van der Waals surface area contributed by atoms with Gasteiger partial charge < -0.3 is 5.11 Å². The normalized spacial score (nSPS) is 14.6. The number of carboxylic acids is 1. The van der Waals surface area contributed by atoms with E-state index in [1.165, 1.54) is 12.1 Å². The van der Waals surface area contributed by atoms with E-state index in [-0.39, 0.29) is 5.82 Å². The first kappa shape index (κ1) is 13.7. The predicted molar refractivity (Wildman–Crippen MR) is 65.3 cm³/mol. The quantitative estimate of drug-likeness (QED) is 0.852. The second-order valence-corrected chi connectivity index (χ2v) is 5.27. The Morgan fingerprint density at radius 2 is 2.12 bits per heavy atom. The van der Waals surface area contributed by atoms with Crippen molar-refractivity contribution in [3.05, 3.63) is 35.6 Å². The molecule has 1 rings (SSSR count). The number of hydrogen-bond donors (Lipinski definition) is 1. The van der Waals surface area contributed by atoms with E-state index in [1.807, 2.05) is 13.8 Å². The lowest BCUT2D eigenvalue weighted by Crippen LogP contribution is -2.31. The zero-order valence-electron chi connectivity index (χ0n) is 10.5. The monoisotopic (exact) mass is 238 g/mol. The van der Waals surface area contributed by atoms with E-state index >= 15 is 0 Å². The summed E-state index contributed by atoms with van der Waals surface area (Å²) in [5.74, 6) is -0.847. The predicted octanol–water partition coefficient (Wildman–Crippen LogP) is 3.51. The van der Waals surface area contributed by atoms with Crippen molar-refractivity contribution >= 4 is 5.97 Å². The zero-order chi connectivity index (χ0) is 13.1. The van der Waals surface area contributed by atoms with Gasteiger partial charge in [0.15, 0.2) is 0 Å². The van der Waals surface area contributed by atoms with Crippen molar-refractivity contribution in [3.63, 3.8) is 0 Å². The fourth-order valence-electron chi connectivity index (χ4n) is 2.23. The summed E-state index contributed by atoms with van der Waals surface area (Å²) < 4.78 is 13.1. The number of carboxylic acid groups (broad SMARTS) is 1. The summed E-state index contributed by atoms with van der Waals surface area (Å²) >= 11 is 0.